The van der Waals surface area contributed by atoms with Crippen LogP contribution in [0.3, 0.4) is 0 Å². The second-order valence-corrected chi connectivity index (χ2v) is 5.56. The molecule has 0 saturated heterocycles. The molecule has 0 aromatic carbocycles. The fourth-order valence-electron chi connectivity index (χ4n) is 3.11. The second kappa shape index (κ2) is 7.24. The van der Waals surface area contributed by atoms with Crippen molar-refractivity contribution in [1.29, 1.82) is 0 Å². The van der Waals surface area contributed by atoms with E-state index in [4.69, 9.17) is 5.73 Å². The largest absolute Gasteiger partial charge is 0.373 e. The highest BCUT2D eigenvalue weighted by Gasteiger charge is 2.27. The number of rotatable bonds is 7. The molecule has 0 radical (unpaired) electrons. The summed E-state index contributed by atoms with van der Waals surface area (Å²) < 4.78 is 0. The van der Waals surface area contributed by atoms with Crippen LogP contribution in [0.2, 0.25) is 0 Å². The van der Waals surface area contributed by atoms with Crippen molar-refractivity contribution in [2.24, 2.45) is 5.73 Å². The van der Waals surface area contributed by atoms with Gasteiger partial charge in [-0.3, -0.25) is 4.79 Å². The van der Waals surface area contributed by atoms with Crippen LogP contribution in [-0.4, -0.2) is 35.5 Å². The molecule has 1 amide bonds. The number of nitrogens with one attached hydrogen (secondary N) is 1. The van der Waals surface area contributed by atoms with Gasteiger partial charge in [0, 0.05) is 18.7 Å². The number of aromatic nitrogens is 2. The predicted octanol–water partition coefficient (Wildman–Crippen LogP) is 1.71. The van der Waals surface area contributed by atoms with Gasteiger partial charge in [-0.15, -0.1) is 0 Å². The average Bonchev–Trinajstić information content (AvgIpc) is 2.99. The Morgan fingerprint density at radius 2 is 2.14 bits per heavy atom. The molecule has 0 unspecified atom stereocenters. The molecule has 1 aromatic rings. The van der Waals surface area contributed by atoms with Gasteiger partial charge in [-0.25, -0.2) is 9.97 Å². The van der Waals surface area contributed by atoms with Gasteiger partial charge in [0.2, 0.25) is 5.91 Å². The Morgan fingerprint density at radius 3 is 2.71 bits per heavy atom. The zero-order valence-corrected chi connectivity index (χ0v) is 12.9. The minimum atomic E-state index is -0.311. The van der Waals surface area contributed by atoms with Crippen LogP contribution in [-0.2, 0) is 11.2 Å². The van der Waals surface area contributed by atoms with Gasteiger partial charge in [0.25, 0.3) is 0 Å². The fourth-order valence-corrected chi connectivity index (χ4v) is 3.11. The lowest BCUT2D eigenvalue weighted by Crippen LogP contribution is -2.41. The molecule has 6 heteroatoms. The molecular formula is C15H25N5O. The number of hydrogen-bond acceptors (Lipinski definition) is 5. The molecule has 0 spiro atoms. The first-order valence-electron chi connectivity index (χ1n) is 7.74. The molecule has 1 aliphatic rings. The van der Waals surface area contributed by atoms with Crippen molar-refractivity contribution < 1.29 is 4.79 Å². The molecule has 1 fully saturated rings. The first kappa shape index (κ1) is 15.5. The van der Waals surface area contributed by atoms with E-state index in [9.17, 15) is 4.79 Å². The summed E-state index contributed by atoms with van der Waals surface area (Å²) in [6.45, 7) is 2.35. The van der Waals surface area contributed by atoms with E-state index in [1.807, 2.05) is 7.05 Å². The van der Waals surface area contributed by atoms with Crippen LogP contribution in [0.4, 0.5) is 11.6 Å². The number of carbonyl (C=O) groups excluding carboxylic acids is 1. The van der Waals surface area contributed by atoms with E-state index >= 15 is 0 Å². The Morgan fingerprint density at radius 1 is 1.43 bits per heavy atom. The van der Waals surface area contributed by atoms with E-state index < -0.39 is 0 Å². The van der Waals surface area contributed by atoms with E-state index in [0.29, 0.717) is 6.04 Å². The van der Waals surface area contributed by atoms with Gasteiger partial charge in [-0.2, -0.15) is 0 Å². The van der Waals surface area contributed by atoms with Crippen molar-refractivity contribution in [3.63, 3.8) is 0 Å². The molecule has 6 nitrogen and oxygen atoms in total. The Hall–Kier alpha value is -1.85. The molecule has 21 heavy (non-hydrogen) atoms. The first-order valence-corrected chi connectivity index (χ1v) is 7.74. The molecule has 1 heterocycles. The molecular weight excluding hydrogens is 266 g/mol. The van der Waals surface area contributed by atoms with Gasteiger partial charge >= 0.3 is 0 Å². The molecule has 116 valence electrons. The predicted molar refractivity (Wildman–Crippen MR) is 84.4 cm³/mol. The van der Waals surface area contributed by atoms with Crippen molar-refractivity contribution in [1.82, 2.24) is 9.97 Å². The van der Waals surface area contributed by atoms with Gasteiger partial charge < -0.3 is 16.0 Å². The lowest BCUT2D eigenvalue weighted by Gasteiger charge is -2.31. The summed E-state index contributed by atoms with van der Waals surface area (Å²) in [6, 6.07) is 0.354. The second-order valence-electron chi connectivity index (χ2n) is 5.56. The van der Waals surface area contributed by atoms with Gasteiger partial charge in [-0.05, 0) is 19.3 Å². The van der Waals surface area contributed by atoms with Crippen LogP contribution in [0.15, 0.2) is 6.33 Å². The lowest BCUT2D eigenvalue weighted by molar-refractivity contribution is -0.116. The Balaban J connectivity index is 2.39. The minimum Gasteiger partial charge on any atom is -0.373 e. The molecule has 0 aliphatic heterocycles. The first-order chi connectivity index (χ1) is 10.2. The number of primary amides is 1. The average molecular weight is 291 g/mol. The summed E-state index contributed by atoms with van der Waals surface area (Å²) in [4.78, 5) is 22.3. The highest BCUT2D eigenvalue weighted by atomic mass is 16.1. The van der Waals surface area contributed by atoms with Crippen molar-refractivity contribution in [2.45, 2.75) is 51.5 Å². The topological polar surface area (TPSA) is 84.1 Å². The smallest absolute Gasteiger partial charge is 0.237 e. The summed E-state index contributed by atoms with van der Waals surface area (Å²) >= 11 is 0. The van der Waals surface area contributed by atoms with Crippen LogP contribution < -0.4 is 16.0 Å². The fraction of sp³-hybridized carbons (Fsp3) is 0.667. The van der Waals surface area contributed by atoms with Gasteiger partial charge in [0.05, 0.1) is 6.54 Å². The lowest BCUT2D eigenvalue weighted by atomic mass is 10.1. The molecule has 3 N–H and O–H groups in total. The number of nitrogens with zero attached hydrogens (tertiary/aromatic N) is 3. The maximum atomic E-state index is 11.5. The highest BCUT2D eigenvalue weighted by Crippen LogP contribution is 2.31. The summed E-state index contributed by atoms with van der Waals surface area (Å²) in [5.74, 6) is 1.39. The Kier molecular flexibility index (Phi) is 5.36. The Bertz CT molecular complexity index is 485. The van der Waals surface area contributed by atoms with E-state index in [1.54, 1.807) is 6.33 Å². The molecule has 1 aliphatic carbocycles. The number of anilines is 2. The molecule has 0 bridgehead atoms. The zero-order valence-electron chi connectivity index (χ0n) is 12.9. The van der Waals surface area contributed by atoms with E-state index in [2.05, 4.69) is 27.1 Å². The Labute approximate surface area is 126 Å². The SMILES string of the molecule is CCCc1c(NC)ncnc1N(CC(N)=O)C1CCCC1. The van der Waals surface area contributed by atoms with E-state index in [0.717, 1.165) is 42.9 Å². The van der Waals surface area contributed by atoms with Crippen molar-refractivity contribution >= 4 is 17.5 Å². The molecule has 1 saturated carbocycles. The monoisotopic (exact) mass is 291 g/mol. The summed E-state index contributed by atoms with van der Waals surface area (Å²) in [6.07, 6.45) is 8.04. The highest BCUT2D eigenvalue weighted by molar-refractivity contribution is 5.80. The zero-order chi connectivity index (χ0) is 15.2. The van der Waals surface area contributed by atoms with Crippen LogP contribution in [0.5, 0.6) is 0 Å². The molecule has 1 aromatic heterocycles. The number of amides is 1. The summed E-state index contributed by atoms with van der Waals surface area (Å²) in [7, 11) is 1.86. The maximum Gasteiger partial charge on any atom is 0.237 e. The van der Waals surface area contributed by atoms with Crippen LogP contribution >= 0.6 is 0 Å². The van der Waals surface area contributed by atoms with Crippen molar-refractivity contribution in [3.8, 4) is 0 Å². The van der Waals surface area contributed by atoms with Crippen LogP contribution in [0.1, 0.15) is 44.6 Å². The van der Waals surface area contributed by atoms with Crippen LogP contribution in [0.25, 0.3) is 0 Å². The summed E-state index contributed by atoms with van der Waals surface area (Å²) in [5.41, 5.74) is 6.53. The maximum absolute atomic E-state index is 11.5. The number of hydrogen-bond donors (Lipinski definition) is 2. The van der Waals surface area contributed by atoms with Crippen molar-refractivity contribution in [2.75, 3.05) is 23.8 Å². The third-order valence-electron chi connectivity index (χ3n) is 4.02. The standard InChI is InChI=1S/C15H25N5O/c1-3-6-12-14(17-2)18-10-19-15(12)20(9-13(16)21)11-7-4-5-8-11/h10-11H,3-9H2,1-2H3,(H2,16,21)(H,17,18,19). The van der Waals surface area contributed by atoms with Gasteiger partial charge in [-0.1, -0.05) is 26.2 Å². The van der Waals surface area contributed by atoms with E-state index in [-0.39, 0.29) is 12.5 Å². The minimum absolute atomic E-state index is 0.224. The van der Waals surface area contributed by atoms with Gasteiger partial charge in [0.15, 0.2) is 0 Å². The number of nitrogens with two attached hydrogens (primary N) is 1. The number of carbonyl (C=O) groups is 1. The summed E-state index contributed by atoms with van der Waals surface area (Å²) in [5, 5.41) is 3.13. The molecule has 0 atom stereocenters. The third-order valence-corrected chi connectivity index (χ3v) is 4.02. The van der Waals surface area contributed by atoms with Crippen LogP contribution in [0, 0.1) is 0 Å². The normalized spacial score (nSPS) is 15.1. The van der Waals surface area contributed by atoms with Crippen molar-refractivity contribution in [3.05, 3.63) is 11.9 Å². The molecule has 2 rings (SSSR count). The van der Waals surface area contributed by atoms with Gasteiger partial charge in [0.1, 0.15) is 18.0 Å². The quantitative estimate of drug-likeness (QED) is 0.799. The third kappa shape index (κ3) is 3.62. The van der Waals surface area contributed by atoms with E-state index in [1.165, 1.54) is 12.8 Å².